The maximum atomic E-state index is 12.4. The Hall–Kier alpha value is -2.76. The summed E-state index contributed by atoms with van der Waals surface area (Å²) < 4.78 is 6.29. The van der Waals surface area contributed by atoms with E-state index < -0.39 is 5.91 Å². The van der Waals surface area contributed by atoms with Crippen LogP contribution in [0.1, 0.15) is 17.3 Å². The molecule has 1 aromatic carbocycles. The number of pyridine rings is 1. The van der Waals surface area contributed by atoms with E-state index in [0.717, 1.165) is 10.4 Å². The molecular formula is C16H19N3O3. The van der Waals surface area contributed by atoms with Gasteiger partial charge in [0.1, 0.15) is 5.75 Å². The van der Waals surface area contributed by atoms with Crippen molar-refractivity contribution >= 4 is 11.6 Å². The Labute approximate surface area is 128 Å². The van der Waals surface area contributed by atoms with E-state index in [9.17, 15) is 10.0 Å². The van der Waals surface area contributed by atoms with E-state index in [-0.39, 0.29) is 5.49 Å². The highest BCUT2D eigenvalue weighted by Crippen LogP contribution is 2.25. The third-order valence-electron chi connectivity index (χ3n) is 3.04. The maximum absolute atomic E-state index is 12.4. The van der Waals surface area contributed by atoms with Gasteiger partial charge in [-0.2, -0.15) is 9.72 Å². The summed E-state index contributed by atoms with van der Waals surface area (Å²) >= 11 is 0. The average Bonchev–Trinajstić information content (AvgIpc) is 2.50. The van der Waals surface area contributed by atoms with E-state index in [1.165, 1.54) is 6.20 Å². The minimum absolute atomic E-state index is 0.158. The van der Waals surface area contributed by atoms with E-state index in [0.29, 0.717) is 17.9 Å². The summed E-state index contributed by atoms with van der Waals surface area (Å²) in [6, 6.07) is 10.2. The lowest BCUT2D eigenvalue weighted by atomic mass is 10.1. The molecule has 0 bridgehead atoms. The molecule has 0 atom stereocenters. The summed E-state index contributed by atoms with van der Waals surface area (Å²) in [5, 5.41) is 9.65. The molecule has 0 aliphatic rings. The molecule has 0 spiro atoms. The average molecular weight is 301 g/mol. The van der Waals surface area contributed by atoms with Crippen LogP contribution in [0.25, 0.3) is 0 Å². The van der Waals surface area contributed by atoms with Crippen molar-refractivity contribution < 1.29 is 14.7 Å². The quantitative estimate of drug-likeness (QED) is 0.876. The van der Waals surface area contributed by atoms with Crippen LogP contribution in [0.4, 0.5) is 5.69 Å². The van der Waals surface area contributed by atoms with Gasteiger partial charge in [-0.3, -0.25) is 4.79 Å². The summed E-state index contributed by atoms with van der Waals surface area (Å²) in [4.78, 5) is 18.3. The Balaban J connectivity index is 2.50. The fraction of sp³-hybridized carbons (Fsp3) is 0.250. The van der Waals surface area contributed by atoms with Gasteiger partial charge in [0.05, 0.1) is 12.2 Å². The second-order valence-corrected chi connectivity index (χ2v) is 4.83. The Bertz CT molecular complexity index is 735. The highest BCUT2D eigenvalue weighted by Gasteiger charge is 2.14. The first-order valence-electron chi connectivity index (χ1n) is 6.93. The third kappa shape index (κ3) is 3.46. The lowest BCUT2D eigenvalue weighted by molar-refractivity contribution is 0.0984. The number of rotatable bonds is 4. The van der Waals surface area contributed by atoms with Crippen LogP contribution >= 0.6 is 0 Å². The van der Waals surface area contributed by atoms with Crippen LogP contribution in [-0.2, 0) is 0 Å². The molecule has 0 aliphatic carbocycles. The number of benzene rings is 1. The van der Waals surface area contributed by atoms with Gasteiger partial charge in [0.25, 0.3) is 5.91 Å². The van der Waals surface area contributed by atoms with Gasteiger partial charge < -0.3 is 14.8 Å². The molecule has 1 aromatic heterocycles. The second-order valence-electron chi connectivity index (χ2n) is 4.83. The van der Waals surface area contributed by atoms with Crippen molar-refractivity contribution in [2.75, 3.05) is 25.6 Å². The largest absolute Gasteiger partial charge is 0.493 e. The zero-order valence-corrected chi connectivity index (χ0v) is 12.9. The van der Waals surface area contributed by atoms with Crippen LogP contribution in [0.3, 0.4) is 0 Å². The van der Waals surface area contributed by atoms with E-state index in [2.05, 4.69) is 4.99 Å². The van der Waals surface area contributed by atoms with Gasteiger partial charge >= 0.3 is 0 Å². The number of hydrogen-bond acceptors (Lipinski definition) is 4. The van der Waals surface area contributed by atoms with Crippen LogP contribution < -0.4 is 15.1 Å². The molecule has 0 saturated heterocycles. The van der Waals surface area contributed by atoms with Crippen LogP contribution in [0, 0.1) is 0 Å². The number of hydrogen-bond donors (Lipinski definition) is 1. The summed E-state index contributed by atoms with van der Waals surface area (Å²) in [7, 11) is 3.78. The van der Waals surface area contributed by atoms with Crippen LogP contribution in [0.15, 0.2) is 47.6 Å². The molecule has 1 N–H and O–H groups in total. The van der Waals surface area contributed by atoms with Gasteiger partial charge in [-0.15, -0.1) is 0 Å². The molecular weight excluding hydrogens is 282 g/mol. The van der Waals surface area contributed by atoms with Crippen molar-refractivity contribution in [3.63, 3.8) is 0 Å². The topological polar surface area (TPSA) is 67.1 Å². The molecule has 116 valence electrons. The molecule has 2 aromatic rings. The van der Waals surface area contributed by atoms with Crippen LogP contribution in [-0.4, -0.2) is 36.5 Å². The first-order valence-corrected chi connectivity index (χ1v) is 6.93. The summed E-state index contributed by atoms with van der Waals surface area (Å²) in [5.74, 6) is 0.00317. The van der Waals surface area contributed by atoms with Crippen LogP contribution in [0.5, 0.6) is 5.75 Å². The lowest BCUT2D eigenvalue weighted by Crippen LogP contribution is -2.19. The van der Waals surface area contributed by atoms with E-state index in [1.807, 2.05) is 32.0 Å². The van der Waals surface area contributed by atoms with Crippen molar-refractivity contribution in [3.05, 3.63) is 53.6 Å². The molecule has 6 nitrogen and oxygen atoms in total. The summed E-state index contributed by atoms with van der Waals surface area (Å²) in [6.07, 6.45) is 1.41. The predicted molar refractivity (Wildman–Crippen MR) is 83.4 cm³/mol. The molecule has 0 unspecified atom stereocenters. The first-order chi connectivity index (χ1) is 10.5. The summed E-state index contributed by atoms with van der Waals surface area (Å²) in [6.45, 7) is 2.30. The fourth-order valence-electron chi connectivity index (χ4n) is 1.92. The maximum Gasteiger partial charge on any atom is 0.282 e. The Kier molecular flexibility index (Phi) is 4.83. The molecule has 0 radical (unpaired) electrons. The SMILES string of the molecule is CCOc1ccc(N(C)C)cc1C(=O)N=c1ccccn1O. The zero-order chi connectivity index (χ0) is 16.1. The van der Waals surface area contributed by atoms with E-state index in [1.54, 1.807) is 30.3 Å². The predicted octanol–water partition coefficient (Wildman–Crippen LogP) is 1.93. The molecule has 1 heterocycles. The first kappa shape index (κ1) is 15.6. The van der Waals surface area contributed by atoms with Gasteiger partial charge in [0.15, 0.2) is 5.49 Å². The fourth-order valence-corrected chi connectivity index (χ4v) is 1.92. The van der Waals surface area contributed by atoms with Gasteiger partial charge in [-0.25, -0.2) is 0 Å². The van der Waals surface area contributed by atoms with Crippen molar-refractivity contribution in [1.29, 1.82) is 0 Å². The normalized spacial score (nSPS) is 11.3. The van der Waals surface area contributed by atoms with Crippen molar-refractivity contribution in [1.82, 2.24) is 4.73 Å². The molecule has 0 fully saturated rings. The van der Waals surface area contributed by atoms with Gasteiger partial charge in [0.2, 0.25) is 0 Å². The molecule has 2 rings (SSSR count). The molecule has 1 amide bonds. The molecule has 0 saturated carbocycles. The molecule has 22 heavy (non-hydrogen) atoms. The molecule has 0 aliphatic heterocycles. The third-order valence-corrected chi connectivity index (χ3v) is 3.04. The Morgan fingerprint density at radius 2 is 2.09 bits per heavy atom. The number of nitrogens with zero attached hydrogens (tertiary/aromatic N) is 3. The van der Waals surface area contributed by atoms with Gasteiger partial charge in [0, 0.05) is 26.0 Å². The minimum atomic E-state index is -0.471. The standard InChI is InChI=1S/C16H19N3O3/c1-4-22-14-9-8-12(18(2)3)11-13(14)16(20)17-15-7-5-6-10-19(15)21/h5-11,21H,4H2,1-3H3. The Morgan fingerprint density at radius 3 is 2.73 bits per heavy atom. The Morgan fingerprint density at radius 1 is 1.32 bits per heavy atom. The number of aromatic nitrogens is 1. The van der Waals surface area contributed by atoms with Crippen molar-refractivity contribution in [3.8, 4) is 5.75 Å². The summed E-state index contributed by atoms with van der Waals surface area (Å²) in [5.41, 5.74) is 1.38. The zero-order valence-electron chi connectivity index (χ0n) is 12.9. The number of carbonyl (C=O) groups is 1. The van der Waals surface area contributed by atoms with E-state index >= 15 is 0 Å². The minimum Gasteiger partial charge on any atom is -0.493 e. The van der Waals surface area contributed by atoms with Crippen molar-refractivity contribution in [2.24, 2.45) is 4.99 Å². The highest BCUT2D eigenvalue weighted by molar-refractivity contribution is 5.98. The lowest BCUT2D eigenvalue weighted by Gasteiger charge is -2.15. The van der Waals surface area contributed by atoms with Crippen molar-refractivity contribution in [2.45, 2.75) is 6.92 Å². The van der Waals surface area contributed by atoms with Gasteiger partial charge in [-0.1, -0.05) is 6.07 Å². The molecule has 6 heteroatoms. The number of carbonyl (C=O) groups excluding carboxylic acids is 1. The monoisotopic (exact) mass is 301 g/mol. The smallest absolute Gasteiger partial charge is 0.282 e. The van der Waals surface area contributed by atoms with Crippen LogP contribution in [0.2, 0.25) is 0 Å². The highest BCUT2D eigenvalue weighted by atomic mass is 16.5. The number of ether oxygens (including phenoxy) is 1. The van der Waals surface area contributed by atoms with E-state index in [4.69, 9.17) is 4.74 Å². The number of amides is 1. The van der Waals surface area contributed by atoms with Gasteiger partial charge in [-0.05, 0) is 37.3 Å². The second kappa shape index (κ2) is 6.80. The number of anilines is 1.